The predicted molar refractivity (Wildman–Crippen MR) is 98.2 cm³/mol. The lowest BCUT2D eigenvalue weighted by molar-refractivity contribution is -0.117. The Labute approximate surface area is 152 Å². The fourth-order valence-corrected chi connectivity index (χ4v) is 3.90. The van der Waals surface area contributed by atoms with E-state index in [2.05, 4.69) is 4.72 Å². The molecular formula is C18H20N2O5S. The smallest absolute Gasteiger partial charge is 0.262 e. The number of sulfonamides is 1. The number of hydrogen-bond donors (Lipinski definition) is 2. The molecule has 2 aromatic rings. The molecule has 8 heteroatoms. The van der Waals surface area contributed by atoms with Crippen LogP contribution >= 0.6 is 0 Å². The zero-order valence-electron chi connectivity index (χ0n) is 14.7. The van der Waals surface area contributed by atoms with Gasteiger partial charge in [-0.25, -0.2) is 8.42 Å². The highest BCUT2D eigenvalue weighted by molar-refractivity contribution is 7.92. The number of carbonyl (C=O) groups is 1. The van der Waals surface area contributed by atoms with Gasteiger partial charge in [-0.05, 0) is 49.7 Å². The molecule has 1 atom stereocenters. The Morgan fingerprint density at radius 1 is 1.27 bits per heavy atom. The summed E-state index contributed by atoms with van der Waals surface area (Å²) in [6, 6.07) is 8.98. The lowest BCUT2D eigenvalue weighted by Gasteiger charge is -2.33. The summed E-state index contributed by atoms with van der Waals surface area (Å²) in [5.41, 5.74) is 1.30. The summed E-state index contributed by atoms with van der Waals surface area (Å²) in [6.45, 7) is 5.40. The van der Waals surface area contributed by atoms with Crippen molar-refractivity contribution in [2.75, 3.05) is 16.2 Å². The summed E-state index contributed by atoms with van der Waals surface area (Å²) < 4.78 is 33.5. The van der Waals surface area contributed by atoms with Crippen molar-refractivity contribution in [3.8, 4) is 11.5 Å². The van der Waals surface area contributed by atoms with Crippen molar-refractivity contribution in [3.63, 3.8) is 0 Å². The number of aromatic hydroxyl groups is 1. The number of amides is 1. The molecule has 0 saturated heterocycles. The normalized spacial score (nSPS) is 16.6. The van der Waals surface area contributed by atoms with Crippen LogP contribution in [0.25, 0.3) is 0 Å². The van der Waals surface area contributed by atoms with Gasteiger partial charge in [0.2, 0.25) is 5.91 Å². The Kier molecular flexibility index (Phi) is 4.53. The first kappa shape index (κ1) is 18.1. The van der Waals surface area contributed by atoms with E-state index in [0.29, 0.717) is 18.0 Å². The highest BCUT2D eigenvalue weighted by Crippen LogP contribution is 2.36. The SMILES string of the molecule is CC(=O)N1CC(C)Oc2ccc(S(=O)(=O)Nc3cc(C)ccc3O)cc21. The number of phenols is 1. The van der Waals surface area contributed by atoms with Gasteiger partial charge in [0, 0.05) is 6.92 Å². The van der Waals surface area contributed by atoms with Crippen LogP contribution in [0.1, 0.15) is 19.4 Å². The lowest BCUT2D eigenvalue weighted by atomic mass is 10.2. The van der Waals surface area contributed by atoms with Gasteiger partial charge in [0.25, 0.3) is 10.0 Å². The molecule has 1 unspecified atom stereocenters. The number of aryl methyl sites for hydroxylation is 1. The maximum absolute atomic E-state index is 12.7. The second-order valence-corrected chi connectivity index (χ2v) is 8.00. The molecular weight excluding hydrogens is 356 g/mol. The average Bonchev–Trinajstić information content (AvgIpc) is 2.56. The molecule has 1 heterocycles. The molecule has 0 aromatic heterocycles. The Balaban J connectivity index is 2.00. The van der Waals surface area contributed by atoms with Gasteiger partial charge in [0.05, 0.1) is 22.8 Å². The quantitative estimate of drug-likeness (QED) is 0.803. The van der Waals surface area contributed by atoms with E-state index in [4.69, 9.17) is 4.74 Å². The van der Waals surface area contributed by atoms with E-state index < -0.39 is 10.0 Å². The Hall–Kier alpha value is -2.74. The largest absolute Gasteiger partial charge is 0.506 e. The third-order valence-electron chi connectivity index (χ3n) is 4.08. The van der Waals surface area contributed by atoms with Crippen LogP contribution in [-0.4, -0.2) is 32.1 Å². The summed E-state index contributed by atoms with van der Waals surface area (Å²) in [4.78, 5) is 13.4. The Bertz CT molecular complexity index is 972. The van der Waals surface area contributed by atoms with Crippen molar-refractivity contribution >= 4 is 27.3 Å². The number of hydrogen-bond acceptors (Lipinski definition) is 5. The van der Waals surface area contributed by atoms with E-state index in [0.717, 1.165) is 5.56 Å². The number of benzene rings is 2. The summed E-state index contributed by atoms with van der Waals surface area (Å²) in [6.07, 6.45) is -0.184. The van der Waals surface area contributed by atoms with Gasteiger partial charge in [-0.15, -0.1) is 0 Å². The summed E-state index contributed by atoms with van der Waals surface area (Å²) in [5.74, 6) is 0.0937. The highest BCUT2D eigenvalue weighted by atomic mass is 32.2. The van der Waals surface area contributed by atoms with E-state index in [1.165, 1.54) is 42.2 Å². The number of phenolic OH excluding ortho intramolecular Hbond substituents is 1. The molecule has 0 spiro atoms. The van der Waals surface area contributed by atoms with Gasteiger partial charge in [0.15, 0.2) is 0 Å². The first-order valence-corrected chi connectivity index (χ1v) is 9.57. The standard InChI is InChI=1S/C18H20N2O5S/c1-11-4-6-17(22)15(8-11)19-26(23,24)14-5-7-18-16(9-14)20(13(3)21)10-12(2)25-18/h4-9,12,19,22H,10H2,1-3H3. The molecule has 26 heavy (non-hydrogen) atoms. The van der Waals surface area contributed by atoms with Crippen LogP contribution in [-0.2, 0) is 14.8 Å². The van der Waals surface area contributed by atoms with Crippen molar-refractivity contribution in [2.45, 2.75) is 31.8 Å². The Morgan fingerprint density at radius 2 is 2.00 bits per heavy atom. The van der Waals surface area contributed by atoms with Crippen LogP contribution in [0, 0.1) is 6.92 Å². The minimum absolute atomic E-state index is 0.0263. The molecule has 3 rings (SSSR count). The minimum Gasteiger partial charge on any atom is -0.506 e. The van der Waals surface area contributed by atoms with Crippen molar-refractivity contribution in [1.29, 1.82) is 0 Å². The molecule has 0 bridgehead atoms. The monoisotopic (exact) mass is 376 g/mol. The average molecular weight is 376 g/mol. The molecule has 1 amide bonds. The van der Waals surface area contributed by atoms with Crippen molar-refractivity contribution in [3.05, 3.63) is 42.0 Å². The lowest BCUT2D eigenvalue weighted by Crippen LogP contribution is -2.41. The van der Waals surface area contributed by atoms with Gasteiger partial charge >= 0.3 is 0 Å². The zero-order valence-corrected chi connectivity index (χ0v) is 15.5. The summed E-state index contributed by atoms with van der Waals surface area (Å²) >= 11 is 0. The van der Waals surface area contributed by atoms with Gasteiger partial charge < -0.3 is 14.7 Å². The number of ether oxygens (including phenoxy) is 1. The topological polar surface area (TPSA) is 95.9 Å². The number of nitrogens with one attached hydrogen (secondary N) is 1. The maximum atomic E-state index is 12.7. The second-order valence-electron chi connectivity index (χ2n) is 6.31. The molecule has 2 N–H and O–H groups in total. The molecule has 1 aliphatic heterocycles. The number of carbonyl (C=O) groups excluding carboxylic acids is 1. The van der Waals surface area contributed by atoms with Crippen molar-refractivity contribution in [2.24, 2.45) is 0 Å². The van der Waals surface area contributed by atoms with Crippen molar-refractivity contribution < 1.29 is 23.1 Å². The van der Waals surface area contributed by atoms with Crippen LogP contribution in [0.2, 0.25) is 0 Å². The first-order valence-electron chi connectivity index (χ1n) is 8.08. The van der Waals surface area contributed by atoms with E-state index in [-0.39, 0.29) is 28.3 Å². The van der Waals surface area contributed by atoms with Gasteiger partial charge in [-0.2, -0.15) is 0 Å². The van der Waals surface area contributed by atoms with Crippen LogP contribution in [0.4, 0.5) is 11.4 Å². The van der Waals surface area contributed by atoms with Gasteiger partial charge in [-0.3, -0.25) is 9.52 Å². The molecule has 1 aliphatic rings. The predicted octanol–water partition coefficient (Wildman–Crippen LogP) is 2.64. The molecule has 0 radical (unpaired) electrons. The number of nitrogens with zero attached hydrogens (tertiary/aromatic N) is 1. The Morgan fingerprint density at radius 3 is 2.69 bits per heavy atom. The van der Waals surface area contributed by atoms with Gasteiger partial charge in [0.1, 0.15) is 17.6 Å². The van der Waals surface area contributed by atoms with Crippen LogP contribution in [0.3, 0.4) is 0 Å². The van der Waals surface area contributed by atoms with E-state index >= 15 is 0 Å². The molecule has 0 saturated carbocycles. The van der Waals surface area contributed by atoms with Crippen LogP contribution in [0.5, 0.6) is 11.5 Å². The van der Waals surface area contributed by atoms with Crippen LogP contribution < -0.4 is 14.4 Å². The third kappa shape index (κ3) is 3.45. The highest BCUT2D eigenvalue weighted by Gasteiger charge is 2.28. The molecule has 7 nitrogen and oxygen atoms in total. The minimum atomic E-state index is -3.95. The molecule has 0 aliphatic carbocycles. The molecule has 2 aromatic carbocycles. The number of rotatable bonds is 3. The maximum Gasteiger partial charge on any atom is 0.262 e. The second kappa shape index (κ2) is 6.53. The third-order valence-corrected chi connectivity index (χ3v) is 5.44. The molecule has 0 fully saturated rings. The zero-order chi connectivity index (χ0) is 19.1. The van der Waals surface area contributed by atoms with Crippen molar-refractivity contribution in [1.82, 2.24) is 0 Å². The number of fused-ring (bicyclic) bond motifs is 1. The van der Waals surface area contributed by atoms with E-state index in [1.54, 1.807) is 13.0 Å². The molecule has 138 valence electrons. The number of anilines is 2. The van der Waals surface area contributed by atoms with E-state index in [9.17, 15) is 18.3 Å². The summed E-state index contributed by atoms with van der Waals surface area (Å²) in [5, 5.41) is 9.88. The van der Waals surface area contributed by atoms with E-state index in [1.807, 2.05) is 6.92 Å². The fourth-order valence-electron chi connectivity index (χ4n) is 2.82. The first-order chi connectivity index (χ1) is 12.2. The fraction of sp³-hybridized carbons (Fsp3) is 0.278. The van der Waals surface area contributed by atoms with Gasteiger partial charge in [-0.1, -0.05) is 6.07 Å². The summed E-state index contributed by atoms with van der Waals surface area (Å²) in [7, 11) is -3.95. The van der Waals surface area contributed by atoms with Crippen LogP contribution in [0.15, 0.2) is 41.3 Å².